The van der Waals surface area contributed by atoms with Crippen molar-refractivity contribution in [2.75, 3.05) is 12.8 Å². The van der Waals surface area contributed by atoms with Crippen molar-refractivity contribution in [3.8, 4) is 5.75 Å². The van der Waals surface area contributed by atoms with Crippen LogP contribution in [0.3, 0.4) is 0 Å². The second-order valence-corrected chi connectivity index (χ2v) is 3.31. The quantitative estimate of drug-likeness (QED) is 0.742. The van der Waals surface area contributed by atoms with Gasteiger partial charge in [-0.3, -0.25) is 0 Å². The summed E-state index contributed by atoms with van der Waals surface area (Å²) in [6, 6.07) is 3.91. The third-order valence-corrected chi connectivity index (χ3v) is 2.44. The first-order valence-electron chi connectivity index (χ1n) is 4.40. The van der Waals surface area contributed by atoms with E-state index in [0.717, 1.165) is 22.3 Å². The van der Waals surface area contributed by atoms with Crippen molar-refractivity contribution in [3.05, 3.63) is 17.7 Å². The van der Waals surface area contributed by atoms with Gasteiger partial charge in [-0.05, 0) is 18.6 Å². The number of hydrogen-bond donors (Lipinski definition) is 1. The molecule has 0 radical (unpaired) electrons. The van der Waals surface area contributed by atoms with E-state index in [0.29, 0.717) is 5.95 Å². The number of nitrogens with two attached hydrogens (primary N) is 1. The molecule has 74 valence electrons. The molecular formula is C10H13N3O. The van der Waals surface area contributed by atoms with E-state index >= 15 is 0 Å². The van der Waals surface area contributed by atoms with E-state index < -0.39 is 0 Å². The predicted molar refractivity (Wildman–Crippen MR) is 56.4 cm³/mol. The number of aromatic nitrogens is 2. The predicted octanol–water partition coefficient (Wildman–Crippen LogP) is 1.47. The lowest BCUT2D eigenvalue weighted by molar-refractivity contribution is 0.419. The van der Waals surface area contributed by atoms with E-state index in [1.165, 1.54) is 0 Å². The number of ether oxygens (including phenoxy) is 1. The minimum absolute atomic E-state index is 0.507. The fourth-order valence-electron chi connectivity index (χ4n) is 1.66. The van der Waals surface area contributed by atoms with E-state index in [1.807, 2.05) is 30.7 Å². The van der Waals surface area contributed by atoms with Gasteiger partial charge in [-0.15, -0.1) is 0 Å². The minimum Gasteiger partial charge on any atom is -0.494 e. The molecule has 0 atom stereocenters. The second kappa shape index (κ2) is 2.90. The summed E-state index contributed by atoms with van der Waals surface area (Å²) in [6.45, 7) is 2.03. The van der Waals surface area contributed by atoms with Crippen LogP contribution in [-0.2, 0) is 7.05 Å². The number of fused-ring (bicyclic) bond motifs is 1. The van der Waals surface area contributed by atoms with E-state index in [-0.39, 0.29) is 0 Å². The number of rotatable bonds is 1. The summed E-state index contributed by atoms with van der Waals surface area (Å²) in [5.41, 5.74) is 8.74. The van der Waals surface area contributed by atoms with E-state index in [1.54, 1.807) is 7.11 Å². The van der Waals surface area contributed by atoms with Crippen molar-refractivity contribution in [2.45, 2.75) is 6.92 Å². The molecule has 2 aromatic rings. The third-order valence-electron chi connectivity index (χ3n) is 2.44. The summed E-state index contributed by atoms with van der Waals surface area (Å²) in [5, 5.41) is 0. The molecule has 0 unspecified atom stereocenters. The smallest absolute Gasteiger partial charge is 0.201 e. The topological polar surface area (TPSA) is 53.1 Å². The maximum absolute atomic E-state index is 5.74. The fourth-order valence-corrected chi connectivity index (χ4v) is 1.66. The number of benzene rings is 1. The van der Waals surface area contributed by atoms with Crippen LogP contribution in [0.1, 0.15) is 5.56 Å². The van der Waals surface area contributed by atoms with Gasteiger partial charge in [-0.1, -0.05) is 6.07 Å². The maximum Gasteiger partial charge on any atom is 0.201 e. The fraction of sp³-hybridized carbons (Fsp3) is 0.300. The van der Waals surface area contributed by atoms with Gasteiger partial charge in [0.2, 0.25) is 5.95 Å². The van der Waals surface area contributed by atoms with Gasteiger partial charge >= 0.3 is 0 Å². The first-order chi connectivity index (χ1) is 6.65. The van der Waals surface area contributed by atoms with Crippen LogP contribution in [0.25, 0.3) is 11.0 Å². The molecular weight excluding hydrogens is 178 g/mol. The zero-order valence-electron chi connectivity index (χ0n) is 8.53. The molecule has 0 aliphatic carbocycles. The normalized spacial score (nSPS) is 10.8. The first-order valence-corrected chi connectivity index (χ1v) is 4.40. The van der Waals surface area contributed by atoms with Gasteiger partial charge in [-0.2, -0.15) is 0 Å². The Bertz CT molecular complexity index is 488. The highest BCUT2D eigenvalue weighted by Crippen LogP contribution is 2.28. The summed E-state index contributed by atoms with van der Waals surface area (Å²) in [5.74, 6) is 1.27. The van der Waals surface area contributed by atoms with Crippen molar-refractivity contribution in [1.82, 2.24) is 9.55 Å². The van der Waals surface area contributed by atoms with Gasteiger partial charge in [0.05, 0.1) is 12.6 Å². The van der Waals surface area contributed by atoms with Crippen molar-refractivity contribution < 1.29 is 4.74 Å². The highest BCUT2D eigenvalue weighted by atomic mass is 16.5. The molecule has 0 saturated heterocycles. The van der Waals surface area contributed by atoms with Crippen molar-refractivity contribution in [3.63, 3.8) is 0 Å². The Morgan fingerprint density at radius 2 is 2.14 bits per heavy atom. The van der Waals surface area contributed by atoms with Gasteiger partial charge in [0.1, 0.15) is 11.3 Å². The molecule has 14 heavy (non-hydrogen) atoms. The lowest BCUT2D eigenvalue weighted by Gasteiger charge is -2.03. The van der Waals surface area contributed by atoms with Crippen molar-refractivity contribution in [2.24, 2.45) is 7.05 Å². The average Bonchev–Trinajstić information content (AvgIpc) is 2.45. The summed E-state index contributed by atoms with van der Waals surface area (Å²) in [4.78, 5) is 4.26. The highest BCUT2D eigenvalue weighted by Gasteiger charge is 2.11. The van der Waals surface area contributed by atoms with Crippen LogP contribution in [0, 0.1) is 6.92 Å². The van der Waals surface area contributed by atoms with Gasteiger partial charge in [0.15, 0.2) is 0 Å². The van der Waals surface area contributed by atoms with Crippen molar-refractivity contribution in [1.29, 1.82) is 0 Å². The van der Waals surface area contributed by atoms with Crippen molar-refractivity contribution >= 4 is 17.0 Å². The van der Waals surface area contributed by atoms with Crippen LogP contribution in [0.15, 0.2) is 12.1 Å². The SMILES string of the molecule is COc1ccc(C)c2c1nc(N)n2C. The Balaban J connectivity index is 2.91. The molecule has 1 heterocycles. The lowest BCUT2D eigenvalue weighted by atomic mass is 10.2. The Labute approximate surface area is 82.3 Å². The van der Waals surface area contributed by atoms with Crippen LogP contribution in [0.5, 0.6) is 5.75 Å². The molecule has 2 rings (SSSR count). The largest absolute Gasteiger partial charge is 0.494 e. The van der Waals surface area contributed by atoms with Gasteiger partial charge in [0.25, 0.3) is 0 Å². The molecule has 0 amide bonds. The van der Waals surface area contributed by atoms with Gasteiger partial charge in [-0.25, -0.2) is 4.98 Å². The lowest BCUT2D eigenvalue weighted by Crippen LogP contribution is -1.97. The van der Waals surface area contributed by atoms with E-state index in [4.69, 9.17) is 10.5 Å². The summed E-state index contributed by atoms with van der Waals surface area (Å²) >= 11 is 0. The molecule has 0 fully saturated rings. The van der Waals surface area contributed by atoms with E-state index in [9.17, 15) is 0 Å². The molecule has 0 bridgehead atoms. The number of imidazole rings is 1. The Morgan fingerprint density at radius 3 is 2.79 bits per heavy atom. The molecule has 0 aliphatic heterocycles. The number of methoxy groups -OCH3 is 1. The minimum atomic E-state index is 0.507. The molecule has 4 heteroatoms. The Hall–Kier alpha value is -1.71. The highest BCUT2D eigenvalue weighted by molar-refractivity contribution is 5.87. The van der Waals surface area contributed by atoms with Crippen LogP contribution >= 0.6 is 0 Å². The standard InChI is InChI=1S/C10H13N3O/c1-6-4-5-7(14-3)8-9(6)13(2)10(11)12-8/h4-5H,1-3H3,(H2,11,12). The van der Waals surface area contributed by atoms with Gasteiger partial charge in [0, 0.05) is 7.05 Å². The Morgan fingerprint density at radius 1 is 1.43 bits per heavy atom. The Kier molecular flexibility index (Phi) is 1.84. The van der Waals surface area contributed by atoms with Gasteiger partial charge < -0.3 is 15.0 Å². The van der Waals surface area contributed by atoms with Crippen LogP contribution in [-0.4, -0.2) is 16.7 Å². The summed E-state index contributed by atoms with van der Waals surface area (Å²) in [6.07, 6.45) is 0. The number of nitrogen functional groups attached to an aromatic ring is 1. The number of hydrogen-bond acceptors (Lipinski definition) is 3. The van der Waals surface area contributed by atoms with E-state index in [2.05, 4.69) is 4.98 Å². The second-order valence-electron chi connectivity index (χ2n) is 3.31. The number of aryl methyl sites for hydroxylation is 2. The molecule has 1 aromatic carbocycles. The monoisotopic (exact) mass is 191 g/mol. The molecule has 2 N–H and O–H groups in total. The molecule has 0 spiro atoms. The number of nitrogens with zero attached hydrogens (tertiary/aromatic N) is 2. The zero-order valence-corrected chi connectivity index (χ0v) is 8.53. The summed E-state index contributed by atoms with van der Waals surface area (Å²) < 4.78 is 7.09. The third kappa shape index (κ3) is 1.04. The first kappa shape index (κ1) is 8.87. The molecule has 1 aromatic heterocycles. The summed E-state index contributed by atoms with van der Waals surface area (Å²) in [7, 11) is 3.53. The van der Waals surface area contributed by atoms with Crippen LogP contribution in [0.2, 0.25) is 0 Å². The maximum atomic E-state index is 5.74. The zero-order chi connectivity index (χ0) is 10.3. The molecule has 0 aliphatic rings. The molecule has 4 nitrogen and oxygen atoms in total. The number of anilines is 1. The van der Waals surface area contributed by atoms with Crippen LogP contribution < -0.4 is 10.5 Å². The molecule has 0 saturated carbocycles. The van der Waals surface area contributed by atoms with Crippen LogP contribution in [0.4, 0.5) is 5.95 Å². The average molecular weight is 191 g/mol.